The Morgan fingerprint density at radius 3 is 2.27 bits per heavy atom. The number of aliphatic hydroxyl groups is 1. The van der Waals surface area contributed by atoms with Crippen LogP contribution < -0.4 is 4.90 Å². The van der Waals surface area contributed by atoms with Crippen molar-refractivity contribution in [1.29, 1.82) is 0 Å². The van der Waals surface area contributed by atoms with E-state index in [0.29, 0.717) is 5.95 Å². The van der Waals surface area contributed by atoms with E-state index in [0.717, 1.165) is 4.47 Å². The van der Waals surface area contributed by atoms with Gasteiger partial charge < -0.3 is 10.0 Å². The van der Waals surface area contributed by atoms with Gasteiger partial charge in [0.25, 0.3) is 0 Å². The number of anilines is 1. The van der Waals surface area contributed by atoms with Crippen LogP contribution in [0.15, 0.2) is 16.9 Å². The minimum Gasteiger partial charge on any atom is -0.388 e. The van der Waals surface area contributed by atoms with Crippen LogP contribution in [0.3, 0.4) is 0 Å². The monoisotopic (exact) mass is 273 g/mol. The van der Waals surface area contributed by atoms with Gasteiger partial charge in [0.05, 0.1) is 16.1 Å². The molecule has 15 heavy (non-hydrogen) atoms. The van der Waals surface area contributed by atoms with Crippen molar-refractivity contribution in [2.75, 3.05) is 11.9 Å². The highest BCUT2D eigenvalue weighted by Crippen LogP contribution is 2.18. The minimum absolute atomic E-state index is 0.0568. The van der Waals surface area contributed by atoms with Gasteiger partial charge in [-0.3, -0.25) is 0 Å². The predicted octanol–water partition coefficient (Wildman–Crippen LogP) is 1.83. The molecule has 0 saturated heterocycles. The molecule has 0 aliphatic rings. The van der Waals surface area contributed by atoms with Crippen molar-refractivity contribution in [3.63, 3.8) is 0 Å². The molecule has 1 aromatic rings. The van der Waals surface area contributed by atoms with E-state index < -0.39 is 5.60 Å². The zero-order chi connectivity index (χ0) is 11.6. The molecule has 1 aromatic heterocycles. The molecule has 0 aliphatic heterocycles. The van der Waals surface area contributed by atoms with Gasteiger partial charge >= 0.3 is 0 Å². The smallest absolute Gasteiger partial charge is 0.225 e. The third kappa shape index (κ3) is 3.14. The van der Waals surface area contributed by atoms with Crippen molar-refractivity contribution in [2.45, 2.75) is 32.4 Å². The zero-order valence-electron chi connectivity index (χ0n) is 9.40. The van der Waals surface area contributed by atoms with Crippen LogP contribution in [0, 0.1) is 0 Å². The Bertz CT molecular complexity index is 320. The summed E-state index contributed by atoms with van der Waals surface area (Å²) in [4.78, 5) is 10.2. The summed E-state index contributed by atoms with van der Waals surface area (Å²) in [5.41, 5.74) is -0.787. The standard InChI is InChI=1S/C10H16BrN3O/c1-7(10(2,3)15)14(4)9-12-5-8(11)6-13-9/h5-7,15H,1-4H3. The van der Waals surface area contributed by atoms with Crippen LogP contribution in [0.4, 0.5) is 5.95 Å². The maximum absolute atomic E-state index is 9.87. The first-order valence-electron chi connectivity index (χ1n) is 4.75. The lowest BCUT2D eigenvalue weighted by atomic mass is 10.00. The second-order valence-corrected chi connectivity index (χ2v) is 5.06. The average Bonchev–Trinajstić information content (AvgIpc) is 2.15. The Balaban J connectivity index is 2.85. The topological polar surface area (TPSA) is 49.2 Å². The number of likely N-dealkylation sites (N-methyl/N-ethyl adjacent to an activating group) is 1. The second-order valence-electron chi connectivity index (χ2n) is 4.14. The molecule has 0 bridgehead atoms. The van der Waals surface area contributed by atoms with Crippen molar-refractivity contribution in [3.8, 4) is 0 Å². The first-order chi connectivity index (χ1) is 6.82. The lowest BCUT2D eigenvalue weighted by molar-refractivity contribution is 0.0561. The second kappa shape index (κ2) is 4.45. The van der Waals surface area contributed by atoms with E-state index in [-0.39, 0.29) is 6.04 Å². The average molecular weight is 274 g/mol. The summed E-state index contributed by atoms with van der Waals surface area (Å²) in [6.45, 7) is 5.48. The Hall–Kier alpha value is -0.680. The molecule has 1 atom stereocenters. The van der Waals surface area contributed by atoms with Crippen molar-refractivity contribution < 1.29 is 5.11 Å². The first-order valence-corrected chi connectivity index (χ1v) is 5.54. The van der Waals surface area contributed by atoms with E-state index in [2.05, 4.69) is 25.9 Å². The summed E-state index contributed by atoms with van der Waals surface area (Å²) in [6, 6.07) is -0.0568. The van der Waals surface area contributed by atoms with Crippen LogP contribution in [-0.2, 0) is 0 Å². The van der Waals surface area contributed by atoms with Gasteiger partial charge in [-0.15, -0.1) is 0 Å². The maximum atomic E-state index is 9.87. The summed E-state index contributed by atoms with van der Waals surface area (Å²) in [6.07, 6.45) is 3.38. The molecule has 0 aliphatic carbocycles. The van der Waals surface area contributed by atoms with Gasteiger partial charge in [-0.1, -0.05) is 0 Å². The first kappa shape index (κ1) is 12.4. The predicted molar refractivity (Wildman–Crippen MR) is 63.9 cm³/mol. The van der Waals surface area contributed by atoms with Crippen LogP contribution in [0.25, 0.3) is 0 Å². The quantitative estimate of drug-likeness (QED) is 0.913. The largest absolute Gasteiger partial charge is 0.388 e. The Labute approximate surface area is 98.5 Å². The third-order valence-electron chi connectivity index (χ3n) is 2.53. The van der Waals surface area contributed by atoms with Gasteiger partial charge in [-0.2, -0.15) is 0 Å². The Kier molecular flexibility index (Phi) is 3.67. The zero-order valence-corrected chi connectivity index (χ0v) is 11.0. The molecule has 0 fully saturated rings. The van der Waals surface area contributed by atoms with Gasteiger partial charge in [-0.25, -0.2) is 9.97 Å². The van der Waals surface area contributed by atoms with Crippen molar-refractivity contribution in [3.05, 3.63) is 16.9 Å². The fourth-order valence-electron chi connectivity index (χ4n) is 1.13. The molecule has 0 radical (unpaired) electrons. The van der Waals surface area contributed by atoms with E-state index in [1.165, 1.54) is 0 Å². The van der Waals surface area contributed by atoms with Crippen LogP contribution in [-0.4, -0.2) is 33.8 Å². The fraction of sp³-hybridized carbons (Fsp3) is 0.600. The normalized spacial score (nSPS) is 13.7. The van der Waals surface area contributed by atoms with Crippen molar-refractivity contribution >= 4 is 21.9 Å². The maximum Gasteiger partial charge on any atom is 0.225 e. The molecular formula is C10H16BrN3O. The summed E-state index contributed by atoms with van der Waals surface area (Å²) >= 11 is 3.28. The Morgan fingerprint density at radius 1 is 1.40 bits per heavy atom. The van der Waals surface area contributed by atoms with Crippen LogP contribution in [0.2, 0.25) is 0 Å². The molecule has 1 unspecified atom stereocenters. The summed E-state index contributed by atoms with van der Waals surface area (Å²) in [5.74, 6) is 0.604. The number of hydrogen-bond acceptors (Lipinski definition) is 4. The fourth-order valence-corrected chi connectivity index (χ4v) is 1.34. The highest BCUT2D eigenvalue weighted by atomic mass is 79.9. The Morgan fingerprint density at radius 2 is 1.87 bits per heavy atom. The molecule has 84 valence electrons. The third-order valence-corrected chi connectivity index (χ3v) is 2.94. The van der Waals surface area contributed by atoms with E-state index in [1.807, 2.05) is 18.9 Å². The minimum atomic E-state index is -0.787. The number of halogens is 1. The van der Waals surface area contributed by atoms with E-state index in [4.69, 9.17) is 0 Å². The molecule has 1 heterocycles. The summed E-state index contributed by atoms with van der Waals surface area (Å²) in [5, 5.41) is 9.87. The lowest BCUT2D eigenvalue weighted by Crippen LogP contribution is -2.46. The molecule has 0 aromatic carbocycles. The van der Waals surface area contributed by atoms with Gasteiger partial charge in [-0.05, 0) is 36.7 Å². The number of aromatic nitrogens is 2. The summed E-state index contributed by atoms with van der Waals surface area (Å²) in [7, 11) is 1.87. The van der Waals surface area contributed by atoms with E-state index in [9.17, 15) is 5.11 Å². The van der Waals surface area contributed by atoms with Crippen molar-refractivity contribution in [1.82, 2.24) is 9.97 Å². The van der Waals surface area contributed by atoms with Crippen LogP contribution in [0.1, 0.15) is 20.8 Å². The number of hydrogen-bond donors (Lipinski definition) is 1. The highest BCUT2D eigenvalue weighted by molar-refractivity contribution is 9.10. The lowest BCUT2D eigenvalue weighted by Gasteiger charge is -2.33. The molecule has 0 amide bonds. The molecule has 5 heteroatoms. The van der Waals surface area contributed by atoms with Crippen molar-refractivity contribution in [2.24, 2.45) is 0 Å². The van der Waals surface area contributed by atoms with E-state index >= 15 is 0 Å². The molecule has 0 spiro atoms. The van der Waals surface area contributed by atoms with Gasteiger partial charge in [0.15, 0.2) is 0 Å². The van der Waals surface area contributed by atoms with E-state index in [1.54, 1.807) is 26.2 Å². The molecular weight excluding hydrogens is 258 g/mol. The van der Waals surface area contributed by atoms with Gasteiger partial charge in [0, 0.05) is 19.4 Å². The SMILES string of the molecule is CC(N(C)c1ncc(Br)cn1)C(C)(C)O. The molecule has 4 nitrogen and oxygen atoms in total. The number of nitrogens with zero attached hydrogens (tertiary/aromatic N) is 3. The number of rotatable bonds is 3. The molecule has 1 rings (SSSR count). The van der Waals surface area contributed by atoms with Gasteiger partial charge in [0.2, 0.25) is 5.95 Å². The molecule has 1 N–H and O–H groups in total. The summed E-state index contributed by atoms with van der Waals surface area (Å²) < 4.78 is 0.843. The van der Waals surface area contributed by atoms with Crippen LogP contribution >= 0.6 is 15.9 Å². The van der Waals surface area contributed by atoms with Crippen LogP contribution in [0.5, 0.6) is 0 Å². The highest BCUT2D eigenvalue weighted by Gasteiger charge is 2.27. The van der Waals surface area contributed by atoms with Gasteiger partial charge in [0.1, 0.15) is 0 Å². The molecule has 0 saturated carbocycles.